The monoisotopic (exact) mass is 287 g/mol. The van der Waals surface area contributed by atoms with Crippen LogP contribution in [0.4, 0.5) is 0 Å². The van der Waals surface area contributed by atoms with Crippen molar-refractivity contribution in [2.24, 2.45) is 5.92 Å². The maximum Gasteiger partial charge on any atom is 0.0841 e. The molecule has 1 atom stereocenters. The quantitative estimate of drug-likeness (QED) is 0.919. The van der Waals surface area contributed by atoms with Crippen LogP contribution in [0.25, 0.3) is 10.9 Å². The summed E-state index contributed by atoms with van der Waals surface area (Å²) in [5.74, 6) is 0.721. The Hall–Kier alpha value is -1.39. The van der Waals surface area contributed by atoms with E-state index in [1.165, 1.54) is 10.9 Å². The first kappa shape index (κ1) is 14.5. The third kappa shape index (κ3) is 3.11. The molecule has 1 aromatic heterocycles. The normalized spacial score (nSPS) is 18.2. The van der Waals surface area contributed by atoms with Gasteiger partial charge < -0.3 is 10.1 Å². The standard InChI is InChI=1S/C17H25N3O/c1-3-20-17-7-5-4-6-15(17)16(19-20)12-18-13(2)14-8-10-21-11-9-14/h4-7,13-14,18H,3,8-12H2,1-2H3. The van der Waals surface area contributed by atoms with Crippen LogP contribution in [-0.4, -0.2) is 29.0 Å². The second-order valence-corrected chi connectivity index (χ2v) is 5.90. The van der Waals surface area contributed by atoms with E-state index in [2.05, 4.69) is 48.1 Å². The number of aromatic nitrogens is 2. The molecule has 1 fully saturated rings. The number of para-hydroxylation sites is 1. The second-order valence-electron chi connectivity index (χ2n) is 5.90. The fraction of sp³-hybridized carbons (Fsp3) is 0.588. The zero-order chi connectivity index (χ0) is 14.7. The highest BCUT2D eigenvalue weighted by atomic mass is 16.5. The van der Waals surface area contributed by atoms with E-state index in [0.29, 0.717) is 6.04 Å². The fourth-order valence-electron chi connectivity index (χ4n) is 3.21. The lowest BCUT2D eigenvalue weighted by molar-refractivity contribution is 0.0557. The van der Waals surface area contributed by atoms with Crippen LogP contribution in [0, 0.1) is 5.92 Å². The Morgan fingerprint density at radius 2 is 2.10 bits per heavy atom. The summed E-state index contributed by atoms with van der Waals surface area (Å²) in [6, 6.07) is 9.01. The molecular formula is C17H25N3O. The van der Waals surface area contributed by atoms with Crippen molar-refractivity contribution in [2.45, 2.75) is 45.8 Å². The molecule has 1 unspecified atom stereocenters. The van der Waals surface area contributed by atoms with Crippen molar-refractivity contribution in [3.05, 3.63) is 30.0 Å². The molecule has 0 amide bonds. The summed E-state index contributed by atoms with van der Waals surface area (Å²) < 4.78 is 7.53. The van der Waals surface area contributed by atoms with Gasteiger partial charge in [0.25, 0.3) is 0 Å². The molecule has 0 spiro atoms. The Labute approximate surface area is 126 Å². The van der Waals surface area contributed by atoms with Gasteiger partial charge in [0.2, 0.25) is 0 Å². The summed E-state index contributed by atoms with van der Waals surface area (Å²) in [5.41, 5.74) is 2.39. The Morgan fingerprint density at radius 1 is 1.33 bits per heavy atom. The summed E-state index contributed by atoms with van der Waals surface area (Å²) >= 11 is 0. The number of rotatable bonds is 5. The van der Waals surface area contributed by atoms with E-state index >= 15 is 0 Å². The van der Waals surface area contributed by atoms with Crippen LogP contribution in [0.15, 0.2) is 24.3 Å². The molecule has 1 aliphatic heterocycles. The van der Waals surface area contributed by atoms with Gasteiger partial charge in [0, 0.05) is 37.7 Å². The summed E-state index contributed by atoms with van der Waals surface area (Å²) in [6.07, 6.45) is 2.33. The van der Waals surface area contributed by atoms with Crippen LogP contribution in [0.2, 0.25) is 0 Å². The van der Waals surface area contributed by atoms with Gasteiger partial charge in [-0.05, 0) is 38.7 Å². The molecule has 3 rings (SSSR count). The predicted octanol–water partition coefficient (Wildman–Crippen LogP) is 2.96. The third-order valence-electron chi connectivity index (χ3n) is 4.60. The summed E-state index contributed by atoms with van der Waals surface area (Å²) in [5, 5.41) is 9.69. The van der Waals surface area contributed by atoms with E-state index < -0.39 is 0 Å². The molecule has 0 saturated carbocycles. The molecular weight excluding hydrogens is 262 g/mol. The van der Waals surface area contributed by atoms with Crippen LogP contribution in [0.5, 0.6) is 0 Å². The number of fused-ring (bicyclic) bond motifs is 1. The predicted molar refractivity (Wildman–Crippen MR) is 85.3 cm³/mol. The van der Waals surface area contributed by atoms with E-state index in [-0.39, 0.29) is 0 Å². The molecule has 2 heterocycles. The minimum absolute atomic E-state index is 0.513. The molecule has 1 N–H and O–H groups in total. The topological polar surface area (TPSA) is 39.1 Å². The Kier molecular flexibility index (Phi) is 4.56. The van der Waals surface area contributed by atoms with Gasteiger partial charge in [0.05, 0.1) is 11.2 Å². The summed E-state index contributed by atoms with van der Waals surface area (Å²) in [6.45, 7) is 7.99. The maximum absolute atomic E-state index is 5.44. The van der Waals surface area contributed by atoms with Crippen molar-refractivity contribution in [1.82, 2.24) is 15.1 Å². The van der Waals surface area contributed by atoms with Crippen LogP contribution in [0.1, 0.15) is 32.4 Å². The number of benzene rings is 1. The summed E-state index contributed by atoms with van der Waals surface area (Å²) in [7, 11) is 0. The van der Waals surface area contributed by atoms with Gasteiger partial charge >= 0.3 is 0 Å². The number of nitrogens with zero attached hydrogens (tertiary/aromatic N) is 2. The maximum atomic E-state index is 5.44. The largest absolute Gasteiger partial charge is 0.381 e. The number of hydrogen-bond donors (Lipinski definition) is 1. The van der Waals surface area contributed by atoms with Gasteiger partial charge in [-0.15, -0.1) is 0 Å². The highest BCUT2D eigenvalue weighted by Gasteiger charge is 2.20. The van der Waals surface area contributed by atoms with E-state index in [0.717, 1.165) is 50.8 Å². The van der Waals surface area contributed by atoms with Crippen LogP contribution < -0.4 is 5.32 Å². The van der Waals surface area contributed by atoms with Crippen molar-refractivity contribution in [3.8, 4) is 0 Å². The van der Waals surface area contributed by atoms with Crippen molar-refractivity contribution in [3.63, 3.8) is 0 Å². The van der Waals surface area contributed by atoms with Crippen LogP contribution in [-0.2, 0) is 17.8 Å². The Balaban J connectivity index is 1.70. The second kappa shape index (κ2) is 6.58. The zero-order valence-corrected chi connectivity index (χ0v) is 13.0. The molecule has 2 aromatic rings. The van der Waals surface area contributed by atoms with Crippen molar-refractivity contribution >= 4 is 10.9 Å². The molecule has 1 aliphatic rings. The van der Waals surface area contributed by atoms with Gasteiger partial charge in [0.15, 0.2) is 0 Å². The number of hydrogen-bond acceptors (Lipinski definition) is 3. The number of aryl methyl sites for hydroxylation is 1. The minimum Gasteiger partial charge on any atom is -0.381 e. The van der Waals surface area contributed by atoms with Crippen molar-refractivity contribution < 1.29 is 4.74 Å². The first-order valence-corrected chi connectivity index (χ1v) is 8.05. The smallest absolute Gasteiger partial charge is 0.0841 e. The molecule has 21 heavy (non-hydrogen) atoms. The average Bonchev–Trinajstić information content (AvgIpc) is 2.91. The van der Waals surface area contributed by atoms with Crippen molar-refractivity contribution in [1.29, 1.82) is 0 Å². The molecule has 0 bridgehead atoms. The Bertz CT molecular complexity index is 587. The molecule has 4 heteroatoms. The molecule has 1 aromatic carbocycles. The van der Waals surface area contributed by atoms with Gasteiger partial charge in [-0.25, -0.2) is 0 Å². The molecule has 0 aliphatic carbocycles. The lowest BCUT2D eigenvalue weighted by Crippen LogP contribution is -2.36. The highest BCUT2D eigenvalue weighted by molar-refractivity contribution is 5.81. The van der Waals surface area contributed by atoms with E-state index in [1.54, 1.807) is 0 Å². The third-order valence-corrected chi connectivity index (χ3v) is 4.60. The van der Waals surface area contributed by atoms with Crippen LogP contribution >= 0.6 is 0 Å². The minimum atomic E-state index is 0.513. The van der Waals surface area contributed by atoms with Gasteiger partial charge in [-0.2, -0.15) is 5.10 Å². The lowest BCUT2D eigenvalue weighted by Gasteiger charge is -2.28. The van der Waals surface area contributed by atoms with Gasteiger partial charge in [0.1, 0.15) is 0 Å². The van der Waals surface area contributed by atoms with Gasteiger partial charge in [-0.3, -0.25) is 4.68 Å². The van der Waals surface area contributed by atoms with E-state index in [4.69, 9.17) is 9.84 Å². The molecule has 1 saturated heterocycles. The fourth-order valence-corrected chi connectivity index (χ4v) is 3.21. The first-order chi connectivity index (χ1) is 10.3. The zero-order valence-electron chi connectivity index (χ0n) is 13.0. The van der Waals surface area contributed by atoms with E-state index in [9.17, 15) is 0 Å². The molecule has 4 nitrogen and oxygen atoms in total. The number of ether oxygens (including phenoxy) is 1. The van der Waals surface area contributed by atoms with Crippen molar-refractivity contribution in [2.75, 3.05) is 13.2 Å². The average molecular weight is 287 g/mol. The number of nitrogens with one attached hydrogen (secondary N) is 1. The first-order valence-electron chi connectivity index (χ1n) is 8.05. The Morgan fingerprint density at radius 3 is 2.86 bits per heavy atom. The van der Waals surface area contributed by atoms with Crippen LogP contribution in [0.3, 0.4) is 0 Å². The van der Waals surface area contributed by atoms with E-state index in [1.807, 2.05) is 0 Å². The molecule has 0 radical (unpaired) electrons. The lowest BCUT2D eigenvalue weighted by atomic mass is 9.93. The highest BCUT2D eigenvalue weighted by Crippen LogP contribution is 2.21. The summed E-state index contributed by atoms with van der Waals surface area (Å²) in [4.78, 5) is 0. The van der Waals surface area contributed by atoms with Gasteiger partial charge in [-0.1, -0.05) is 18.2 Å². The molecule has 114 valence electrons. The SMILES string of the molecule is CCn1nc(CNC(C)C2CCOCC2)c2ccccc21.